The van der Waals surface area contributed by atoms with E-state index >= 15 is 0 Å². The molecular weight excluding hydrogens is 411 g/mol. The summed E-state index contributed by atoms with van der Waals surface area (Å²) in [6, 6.07) is 10.7. The monoisotopic (exact) mass is 433 g/mol. The van der Waals surface area contributed by atoms with Crippen LogP contribution in [0, 0.1) is 0 Å². The van der Waals surface area contributed by atoms with Crippen molar-refractivity contribution >= 4 is 0 Å². The first-order valence-corrected chi connectivity index (χ1v) is 9.85. The molecule has 1 atom stereocenters. The van der Waals surface area contributed by atoms with E-state index in [2.05, 4.69) is 15.0 Å². The topological polar surface area (TPSA) is 60.6 Å². The van der Waals surface area contributed by atoms with Crippen LogP contribution in [0.3, 0.4) is 0 Å². The molecule has 0 spiro atoms. The Hall–Kier alpha value is -3.07. The molecule has 2 heterocycles. The Morgan fingerprint density at radius 3 is 2.71 bits per heavy atom. The molecule has 0 saturated carbocycles. The van der Waals surface area contributed by atoms with E-state index in [0.29, 0.717) is 12.4 Å². The molecule has 1 aliphatic rings. The molecule has 164 valence electrons. The van der Waals surface area contributed by atoms with Crippen LogP contribution < -0.4 is 9.47 Å². The van der Waals surface area contributed by atoms with Crippen molar-refractivity contribution in [3.8, 4) is 22.9 Å². The number of benzene rings is 2. The van der Waals surface area contributed by atoms with Crippen LogP contribution in [0.25, 0.3) is 11.4 Å². The van der Waals surface area contributed by atoms with Gasteiger partial charge in [0.25, 0.3) is 0 Å². The third-order valence-electron chi connectivity index (χ3n) is 5.41. The van der Waals surface area contributed by atoms with E-state index < -0.39 is 11.7 Å². The standard InChI is InChI=1S/C22H22F3N3O3/c1-29-16-8-9-19(30-2)17(12-16)18-7-4-10-28(18)13-20-26-21(27-31-20)14-5-3-6-15(11-14)22(23,24)25/h3,5-6,8-9,11-12,18H,4,7,10,13H2,1-2H3. The van der Waals surface area contributed by atoms with Gasteiger partial charge in [0, 0.05) is 17.2 Å². The third kappa shape index (κ3) is 4.51. The highest BCUT2D eigenvalue weighted by atomic mass is 19.4. The highest BCUT2D eigenvalue weighted by Crippen LogP contribution is 2.39. The Bertz CT molecular complexity index is 1050. The van der Waals surface area contributed by atoms with Gasteiger partial charge in [0.2, 0.25) is 11.7 Å². The average molecular weight is 433 g/mol. The number of rotatable bonds is 6. The first kappa shape index (κ1) is 21.2. The van der Waals surface area contributed by atoms with Gasteiger partial charge >= 0.3 is 6.18 Å². The fourth-order valence-corrected chi connectivity index (χ4v) is 3.91. The van der Waals surface area contributed by atoms with E-state index in [-0.39, 0.29) is 17.4 Å². The summed E-state index contributed by atoms with van der Waals surface area (Å²) in [7, 11) is 3.25. The van der Waals surface area contributed by atoms with E-state index in [1.807, 2.05) is 18.2 Å². The minimum atomic E-state index is -4.43. The van der Waals surface area contributed by atoms with Crippen molar-refractivity contribution in [3.05, 3.63) is 59.5 Å². The number of aromatic nitrogens is 2. The van der Waals surface area contributed by atoms with Gasteiger partial charge in [0.05, 0.1) is 26.3 Å². The van der Waals surface area contributed by atoms with Crippen LogP contribution in [0.4, 0.5) is 13.2 Å². The van der Waals surface area contributed by atoms with Crippen molar-refractivity contribution in [2.45, 2.75) is 31.6 Å². The maximum Gasteiger partial charge on any atom is 0.416 e. The molecule has 0 aliphatic carbocycles. The van der Waals surface area contributed by atoms with Crippen LogP contribution in [0.5, 0.6) is 11.5 Å². The van der Waals surface area contributed by atoms with Gasteiger partial charge in [-0.3, -0.25) is 4.90 Å². The summed E-state index contributed by atoms with van der Waals surface area (Å²) in [5, 5.41) is 3.89. The molecule has 0 N–H and O–H groups in total. The molecule has 31 heavy (non-hydrogen) atoms. The van der Waals surface area contributed by atoms with E-state index in [1.54, 1.807) is 14.2 Å². The van der Waals surface area contributed by atoms with Gasteiger partial charge in [-0.25, -0.2) is 0 Å². The number of methoxy groups -OCH3 is 2. The molecule has 3 aromatic rings. The number of halogens is 3. The van der Waals surface area contributed by atoms with E-state index in [1.165, 1.54) is 12.1 Å². The SMILES string of the molecule is COc1ccc(OC)c(C2CCCN2Cc2nc(-c3cccc(C(F)(F)F)c3)no2)c1. The van der Waals surface area contributed by atoms with Gasteiger partial charge in [-0.15, -0.1) is 0 Å². The summed E-state index contributed by atoms with van der Waals surface area (Å²) in [5.41, 5.74) is 0.523. The molecule has 0 bridgehead atoms. The number of likely N-dealkylation sites (tertiary alicyclic amines) is 1. The molecule has 1 fully saturated rings. The Kier molecular flexibility index (Phi) is 5.86. The van der Waals surface area contributed by atoms with Crippen LogP contribution in [0.2, 0.25) is 0 Å². The van der Waals surface area contributed by atoms with Crippen LogP contribution in [-0.4, -0.2) is 35.8 Å². The number of hydrogen-bond donors (Lipinski definition) is 0. The maximum atomic E-state index is 13.0. The molecule has 1 unspecified atom stereocenters. The lowest BCUT2D eigenvalue weighted by Crippen LogP contribution is -2.23. The van der Waals surface area contributed by atoms with Gasteiger partial charge in [0.1, 0.15) is 11.5 Å². The predicted molar refractivity (Wildman–Crippen MR) is 107 cm³/mol. The summed E-state index contributed by atoms with van der Waals surface area (Å²) in [4.78, 5) is 6.52. The molecule has 1 aliphatic heterocycles. The zero-order valence-corrected chi connectivity index (χ0v) is 17.1. The van der Waals surface area contributed by atoms with Crippen molar-refractivity contribution in [2.24, 2.45) is 0 Å². The quantitative estimate of drug-likeness (QED) is 0.539. The van der Waals surface area contributed by atoms with Crippen molar-refractivity contribution in [1.82, 2.24) is 15.0 Å². The Morgan fingerprint density at radius 1 is 1.13 bits per heavy atom. The Morgan fingerprint density at radius 2 is 1.97 bits per heavy atom. The van der Waals surface area contributed by atoms with Crippen molar-refractivity contribution in [2.75, 3.05) is 20.8 Å². The normalized spacial score (nSPS) is 17.1. The smallest absolute Gasteiger partial charge is 0.416 e. The number of ether oxygens (including phenoxy) is 2. The number of alkyl halides is 3. The highest BCUT2D eigenvalue weighted by molar-refractivity contribution is 5.55. The number of nitrogens with zero attached hydrogens (tertiary/aromatic N) is 3. The molecule has 9 heteroatoms. The largest absolute Gasteiger partial charge is 0.497 e. The van der Waals surface area contributed by atoms with Gasteiger partial charge in [-0.05, 0) is 49.7 Å². The average Bonchev–Trinajstić information content (AvgIpc) is 3.43. The van der Waals surface area contributed by atoms with Gasteiger partial charge in [0.15, 0.2) is 0 Å². The lowest BCUT2D eigenvalue weighted by molar-refractivity contribution is -0.137. The fourth-order valence-electron chi connectivity index (χ4n) is 3.91. The molecule has 0 radical (unpaired) electrons. The van der Waals surface area contributed by atoms with Crippen LogP contribution in [0.1, 0.15) is 35.9 Å². The summed E-state index contributed by atoms with van der Waals surface area (Å²) in [6.45, 7) is 1.21. The predicted octanol–water partition coefficient (Wildman–Crippen LogP) is 5.11. The van der Waals surface area contributed by atoms with E-state index in [9.17, 15) is 13.2 Å². The minimum absolute atomic E-state index is 0.0777. The van der Waals surface area contributed by atoms with Crippen molar-refractivity contribution in [1.29, 1.82) is 0 Å². The zero-order valence-electron chi connectivity index (χ0n) is 17.1. The number of hydrogen-bond acceptors (Lipinski definition) is 6. The summed E-state index contributed by atoms with van der Waals surface area (Å²) >= 11 is 0. The molecule has 2 aromatic carbocycles. The lowest BCUT2D eigenvalue weighted by Gasteiger charge is -2.25. The fraction of sp³-hybridized carbons (Fsp3) is 0.364. The second-order valence-corrected chi connectivity index (χ2v) is 7.33. The van der Waals surface area contributed by atoms with E-state index in [0.717, 1.165) is 48.6 Å². The first-order valence-electron chi connectivity index (χ1n) is 9.85. The van der Waals surface area contributed by atoms with Gasteiger partial charge in [-0.1, -0.05) is 17.3 Å². The van der Waals surface area contributed by atoms with E-state index in [4.69, 9.17) is 14.0 Å². The van der Waals surface area contributed by atoms with Gasteiger partial charge < -0.3 is 14.0 Å². The third-order valence-corrected chi connectivity index (χ3v) is 5.41. The second-order valence-electron chi connectivity index (χ2n) is 7.33. The van der Waals surface area contributed by atoms with Crippen LogP contribution in [-0.2, 0) is 12.7 Å². The lowest BCUT2D eigenvalue weighted by atomic mass is 10.0. The zero-order chi connectivity index (χ0) is 22.0. The molecule has 1 saturated heterocycles. The maximum absolute atomic E-state index is 13.0. The Labute approximate surface area is 177 Å². The summed E-state index contributed by atoms with van der Waals surface area (Å²) < 4.78 is 55.2. The van der Waals surface area contributed by atoms with Gasteiger partial charge in [-0.2, -0.15) is 18.2 Å². The molecule has 1 aromatic heterocycles. The molecular formula is C22H22F3N3O3. The Balaban J connectivity index is 1.55. The summed E-state index contributed by atoms with van der Waals surface area (Å²) in [5.74, 6) is 2.00. The first-order chi connectivity index (χ1) is 14.9. The van der Waals surface area contributed by atoms with Crippen molar-refractivity contribution in [3.63, 3.8) is 0 Å². The van der Waals surface area contributed by atoms with Crippen LogP contribution >= 0.6 is 0 Å². The minimum Gasteiger partial charge on any atom is -0.497 e. The summed E-state index contributed by atoms with van der Waals surface area (Å²) in [6.07, 6.45) is -2.51. The van der Waals surface area contributed by atoms with Crippen molar-refractivity contribution < 1.29 is 27.2 Å². The highest BCUT2D eigenvalue weighted by Gasteiger charge is 2.32. The van der Waals surface area contributed by atoms with Crippen LogP contribution in [0.15, 0.2) is 47.0 Å². The molecule has 0 amide bonds. The molecule has 4 rings (SSSR count). The molecule has 6 nitrogen and oxygen atoms in total. The second kappa shape index (κ2) is 8.58.